The number of rotatable bonds is 5. The highest BCUT2D eigenvalue weighted by Crippen LogP contribution is 2.27. The Balaban J connectivity index is 2.29. The van der Waals surface area contributed by atoms with E-state index in [-0.39, 0.29) is 6.04 Å². The van der Waals surface area contributed by atoms with Gasteiger partial charge in [0.2, 0.25) is 0 Å². The average molecular weight is 288 g/mol. The number of likely N-dealkylation sites (N-methyl/N-ethyl adjacent to an activating group) is 1. The zero-order valence-electron chi connectivity index (χ0n) is 12.4. The van der Waals surface area contributed by atoms with Crippen molar-refractivity contribution < 1.29 is 0 Å². The lowest BCUT2D eigenvalue weighted by Crippen LogP contribution is -2.23. The molecule has 0 radical (unpaired) electrons. The summed E-state index contributed by atoms with van der Waals surface area (Å²) < 4.78 is 0. The van der Waals surface area contributed by atoms with Gasteiger partial charge in [-0.2, -0.15) is 0 Å². The summed E-state index contributed by atoms with van der Waals surface area (Å²) >= 11 is 6.43. The van der Waals surface area contributed by atoms with Crippen molar-refractivity contribution >= 4 is 11.6 Å². The van der Waals surface area contributed by atoms with Gasteiger partial charge in [-0.25, -0.2) is 0 Å². The van der Waals surface area contributed by atoms with Crippen LogP contribution in [0.2, 0.25) is 5.02 Å². The van der Waals surface area contributed by atoms with Gasteiger partial charge in [0.15, 0.2) is 0 Å². The molecule has 1 N–H and O–H groups in total. The van der Waals surface area contributed by atoms with E-state index in [0.717, 1.165) is 18.0 Å². The van der Waals surface area contributed by atoms with Crippen molar-refractivity contribution in [1.29, 1.82) is 0 Å². The van der Waals surface area contributed by atoms with E-state index >= 15 is 0 Å². The van der Waals surface area contributed by atoms with Gasteiger partial charge in [-0.15, -0.1) is 0 Å². The Morgan fingerprint density at radius 3 is 2.50 bits per heavy atom. The summed E-state index contributed by atoms with van der Waals surface area (Å²) in [6, 6.07) is 15.1. The van der Waals surface area contributed by atoms with E-state index in [4.69, 9.17) is 11.6 Å². The molecule has 0 aromatic heterocycles. The van der Waals surface area contributed by atoms with Crippen LogP contribution in [-0.2, 0) is 6.42 Å². The highest BCUT2D eigenvalue weighted by molar-refractivity contribution is 6.31. The molecular formula is C18H22ClN. The van der Waals surface area contributed by atoms with E-state index in [1.54, 1.807) is 0 Å². The lowest BCUT2D eigenvalue weighted by atomic mass is 9.95. The average Bonchev–Trinajstić information content (AvgIpc) is 2.41. The van der Waals surface area contributed by atoms with Crippen LogP contribution in [0.1, 0.15) is 35.2 Å². The third-order valence-corrected chi connectivity index (χ3v) is 3.99. The predicted molar refractivity (Wildman–Crippen MR) is 87.5 cm³/mol. The van der Waals surface area contributed by atoms with Gasteiger partial charge in [-0.3, -0.25) is 0 Å². The number of benzene rings is 2. The second-order valence-electron chi connectivity index (χ2n) is 5.27. The minimum atomic E-state index is 0.259. The largest absolute Gasteiger partial charge is 0.310 e. The van der Waals surface area contributed by atoms with E-state index in [1.807, 2.05) is 6.07 Å². The summed E-state index contributed by atoms with van der Waals surface area (Å²) in [6.45, 7) is 7.29. The molecule has 0 aliphatic rings. The van der Waals surface area contributed by atoms with Gasteiger partial charge in [0.05, 0.1) is 0 Å². The monoisotopic (exact) mass is 287 g/mol. The lowest BCUT2D eigenvalue weighted by molar-refractivity contribution is 0.549. The normalized spacial score (nSPS) is 12.4. The van der Waals surface area contributed by atoms with E-state index in [0.29, 0.717) is 0 Å². The number of nitrogens with one attached hydrogen (secondary N) is 1. The maximum Gasteiger partial charge on any atom is 0.0456 e. The number of halogens is 1. The highest BCUT2D eigenvalue weighted by atomic mass is 35.5. The SMILES string of the molecule is CCNC(Cc1ccccc1C)c1ccc(C)cc1Cl. The van der Waals surface area contributed by atoms with Crippen molar-refractivity contribution in [1.82, 2.24) is 5.32 Å². The van der Waals surface area contributed by atoms with Crippen molar-refractivity contribution in [3.05, 3.63) is 69.7 Å². The van der Waals surface area contributed by atoms with Crippen molar-refractivity contribution in [3.63, 3.8) is 0 Å². The van der Waals surface area contributed by atoms with Crippen LogP contribution in [0.3, 0.4) is 0 Å². The Morgan fingerprint density at radius 1 is 1.10 bits per heavy atom. The zero-order chi connectivity index (χ0) is 14.5. The van der Waals surface area contributed by atoms with Gasteiger partial charge in [0, 0.05) is 11.1 Å². The molecule has 0 aliphatic heterocycles. The molecule has 20 heavy (non-hydrogen) atoms. The second kappa shape index (κ2) is 6.92. The zero-order valence-corrected chi connectivity index (χ0v) is 13.2. The predicted octanol–water partition coefficient (Wildman–Crippen LogP) is 4.85. The Labute approximate surface area is 127 Å². The summed E-state index contributed by atoms with van der Waals surface area (Å²) in [5, 5.41) is 4.40. The first-order chi connectivity index (χ1) is 9.61. The summed E-state index contributed by atoms with van der Waals surface area (Å²) in [6.07, 6.45) is 0.962. The fraction of sp³-hybridized carbons (Fsp3) is 0.333. The van der Waals surface area contributed by atoms with Gasteiger partial charge in [0.1, 0.15) is 0 Å². The molecule has 1 nitrogen and oxygen atoms in total. The van der Waals surface area contributed by atoms with Crippen LogP contribution in [0.5, 0.6) is 0 Å². The Hall–Kier alpha value is -1.31. The summed E-state index contributed by atoms with van der Waals surface area (Å²) in [5.74, 6) is 0. The fourth-order valence-electron chi connectivity index (χ4n) is 2.51. The van der Waals surface area contributed by atoms with Crippen LogP contribution in [0.25, 0.3) is 0 Å². The van der Waals surface area contributed by atoms with Crippen molar-refractivity contribution in [2.75, 3.05) is 6.54 Å². The maximum absolute atomic E-state index is 6.43. The van der Waals surface area contributed by atoms with Crippen molar-refractivity contribution in [3.8, 4) is 0 Å². The van der Waals surface area contributed by atoms with E-state index in [2.05, 4.69) is 62.5 Å². The molecule has 106 valence electrons. The van der Waals surface area contributed by atoms with Gasteiger partial charge in [-0.05, 0) is 55.1 Å². The number of hydrogen-bond acceptors (Lipinski definition) is 1. The summed E-state index contributed by atoms with van der Waals surface area (Å²) in [4.78, 5) is 0. The number of aryl methyl sites for hydroxylation is 2. The minimum absolute atomic E-state index is 0.259. The molecule has 1 unspecified atom stereocenters. The summed E-state index contributed by atoms with van der Waals surface area (Å²) in [5.41, 5.74) is 5.08. The second-order valence-corrected chi connectivity index (χ2v) is 5.67. The minimum Gasteiger partial charge on any atom is -0.310 e. The Morgan fingerprint density at radius 2 is 1.85 bits per heavy atom. The first-order valence-electron chi connectivity index (χ1n) is 7.15. The highest BCUT2D eigenvalue weighted by Gasteiger charge is 2.15. The van der Waals surface area contributed by atoms with Crippen molar-refractivity contribution in [2.45, 2.75) is 33.2 Å². The van der Waals surface area contributed by atoms with Crippen molar-refractivity contribution in [2.24, 2.45) is 0 Å². The first kappa shape index (κ1) is 15.1. The van der Waals surface area contributed by atoms with Crippen LogP contribution in [0.15, 0.2) is 42.5 Å². The third kappa shape index (κ3) is 3.62. The smallest absolute Gasteiger partial charge is 0.0456 e. The molecule has 0 saturated heterocycles. The summed E-state index contributed by atoms with van der Waals surface area (Å²) in [7, 11) is 0. The van der Waals surface area contributed by atoms with E-state index < -0.39 is 0 Å². The van der Waals surface area contributed by atoms with Crippen LogP contribution >= 0.6 is 11.6 Å². The third-order valence-electron chi connectivity index (χ3n) is 3.67. The molecule has 0 bridgehead atoms. The Bertz CT molecular complexity index is 577. The molecule has 0 fully saturated rings. The fourth-order valence-corrected chi connectivity index (χ4v) is 2.88. The molecule has 0 heterocycles. The maximum atomic E-state index is 6.43. The standard InChI is InChI=1S/C18H22ClN/c1-4-20-18(12-15-8-6-5-7-14(15)3)16-10-9-13(2)11-17(16)19/h5-11,18,20H,4,12H2,1-3H3. The molecule has 1 atom stereocenters. The molecule has 2 rings (SSSR count). The first-order valence-corrected chi connectivity index (χ1v) is 7.53. The molecule has 0 aliphatic carbocycles. The molecule has 2 heteroatoms. The van der Waals surface area contributed by atoms with Crippen LogP contribution in [0.4, 0.5) is 0 Å². The lowest BCUT2D eigenvalue weighted by Gasteiger charge is -2.21. The topological polar surface area (TPSA) is 12.0 Å². The van der Waals surface area contributed by atoms with E-state index in [9.17, 15) is 0 Å². The van der Waals surface area contributed by atoms with Crippen LogP contribution in [0, 0.1) is 13.8 Å². The van der Waals surface area contributed by atoms with Crippen LogP contribution < -0.4 is 5.32 Å². The molecule has 2 aromatic carbocycles. The quantitative estimate of drug-likeness (QED) is 0.829. The van der Waals surface area contributed by atoms with Gasteiger partial charge in [-0.1, -0.05) is 54.9 Å². The molecule has 0 spiro atoms. The number of hydrogen-bond donors (Lipinski definition) is 1. The Kier molecular flexibility index (Phi) is 5.22. The van der Waals surface area contributed by atoms with Crippen LogP contribution in [-0.4, -0.2) is 6.54 Å². The molecule has 2 aromatic rings. The van der Waals surface area contributed by atoms with Gasteiger partial charge < -0.3 is 5.32 Å². The van der Waals surface area contributed by atoms with Gasteiger partial charge in [0.25, 0.3) is 0 Å². The molecular weight excluding hydrogens is 266 g/mol. The molecule has 0 saturated carbocycles. The van der Waals surface area contributed by atoms with Gasteiger partial charge >= 0.3 is 0 Å². The molecule has 0 amide bonds. The van der Waals surface area contributed by atoms with E-state index in [1.165, 1.54) is 22.3 Å².